The van der Waals surface area contributed by atoms with E-state index in [0.717, 1.165) is 0 Å². The smallest absolute Gasteiger partial charge is 0.262 e. The largest absolute Gasteiger partial charge is 0.349 e. The zero-order chi connectivity index (χ0) is 13.7. The Bertz CT molecular complexity index is 510. The summed E-state index contributed by atoms with van der Waals surface area (Å²) in [5.74, 6) is -0.441. The average Bonchev–Trinajstić information content (AvgIpc) is 2.27. The Morgan fingerprint density at radius 2 is 1.94 bits per heavy atom. The molecule has 18 heavy (non-hydrogen) atoms. The molecule has 0 atom stereocenters. The minimum atomic E-state index is -0.441. The minimum Gasteiger partial charge on any atom is -0.349 e. The van der Waals surface area contributed by atoms with E-state index in [1.165, 1.54) is 6.08 Å². The van der Waals surface area contributed by atoms with E-state index < -0.39 is 5.91 Å². The molecule has 0 fully saturated rings. The van der Waals surface area contributed by atoms with E-state index in [2.05, 4.69) is 5.32 Å². The number of rotatable bonds is 3. The third-order valence-electron chi connectivity index (χ3n) is 2.07. The van der Waals surface area contributed by atoms with Crippen molar-refractivity contribution in [3.05, 3.63) is 39.4 Å². The van der Waals surface area contributed by atoms with E-state index >= 15 is 0 Å². The maximum Gasteiger partial charge on any atom is 0.262 e. The summed E-state index contributed by atoms with van der Waals surface area (Å²) in [6.07, 6.45) is 1.39. The summed E-state index contributed by atoms with van der Waals surface area (Å²) in [5.41, 5.74) is 0.440. The molecule has 94 valence electrons. The standard InChI is InChI=1S/C13H12Cl2N2O/c1-8(2)17-13(18)9(7-16)6-10-11(14)4-3-5-12(10)15/h3-6,8H,1-2H3,(H,17,18)/b9-6+. The first-order valence-electron chi connectivity index (χ1n) is 5.32. The number of carbonyl (C=O) groups excluding carboxylic acids is 1. The molecule has 5 heteroatoms. The van der Waals surface area contributed by atoms with Crippen molar-refractivity contribution in [2.45, 2.75) is 19.9 Å². The van der Waals surface area contributed by atoms with Gasteiger partial charge in [0.25, 0.3) is 5.91 Å². The molecule has 0 saturated heterocycles. The topological polar surface area (TPSA) is 52.9 Å². The highest BCUT2D eigenvalue weighted by Gasteiger charge is 2.12. The SMILES string of the molecule is CC(C)NC(=O)/C(C#N)=C/c1c(Cl)cccc1Cl. The number of benzene rings is 1. The maximum absolute atomic E-state index is 11.7. The van der Waals surface area contributed by atoms with Gasteiger partial charge in [0.05, 0.1) is 0 Å². The van der Waals surface area contributed by atoms with Crippen LogP contribution in [0.25, 0.3) is 6.08 Å². The monoisotopic (exact) mass is 282 g/mol. The van der Waals surface area contributed by atoms with Crippen molar-refractivity contribution < 1.29 is 4.79 Å². The Morgan fingerprint density at radius 3 is 2.39 bits per heavy atom. The van der Waals surface area contributed by atoms with Gasteiger partial charge in [-0.05, 0) is 32.1 Å². The van der Waals surface area contributed by atoms with Crippen LogP contribution in [0.2, 0.25) is 10.0 Å². The van der Waals surface area contributed by atoms with Gasteiger partial charge in [-0.1, -0.05) is 29.3 Å². The third-order valence-corrected chi connectivity index (χ3v) is 2.73. The van der Waals surface area contributed by atoms with Crippen LogP contribution in [-0.4, -0.2) is 11.9 Å². The number of hydrogen-bond donors (Lipinski definition) is 1. The van der Waals surface area contributed by atoms with E-state index in [0.29, 0.717) is 15.6 Å². The number of nitrogens with one attached hydrogen (secondary N) is 1. The molecule has 0 aliphatic heterocycles. The molecular weight excluding hydrogens is 271 g/mol. The molecule has 3 nitrogen and oxygen atoms in total. The molecule has 0 radical (unpaired) electrons. The first-order chi connectivity index (χ1) is 8.45. The Labute approximate surface area is 116 Å². The second-order valence-corrected chi connectivity index (χ2v) is 4.75. The van der Waals surface area contributed by atoms with Crippen LogP contribution in [0.4, 0.5) is 0 Å². The molecule has 0 heterocycles. The van der Waals surface area contributed by atoms with Crippen molar-refractivity contribution in [1.82, 2.24) is 5.32 Å². The Kier molecular flexibility index (Phi) is 5.21. The second kappa shape index (κ2) is 6.44. The van der Waals surface area contributed by atoms with E-state index in [4.69, 9.17) is 28.5 Å². The van der Waals surface area contributed by atoms with Crippen molar-refractivity contribution >= 4 is 35.2 Å². The lowest BCUT2D eigenvalue weighted by Gasteiger charge is -2.07. The molecule has 1 rings (SSSR count). The van der Waals surface area contributed by atoms with Crippen LogP contribution in [0.1, 0.15) is 19.4 Å². The Balaban J connectivity index is 3.13. The molecule has 0 spiro atoms. The Hall–Kier alpha value is -1.50. The number of carbonyl (C=O) groups is 1. The predicted molar refractivity (Wildman–Crippen MR) is 73.3 cm³/mol. The Morgan fingerprint density at radius 1 is 1.39 bits per heavy atom. The fourth-order valence-electron chi connectivity index (χ4n) is 1.28. The highest BCUT2D eigenvalue weighted by molar-refractivity contribution is 6.37. The van der Waals surface area contributed by atoms with Crippen molar-refractivity contribution in [3.8, 4) is 6.07 Å². The molecule has 0 bridgehead atoms. The highest BCUT2D eigenvalue weighted by Crippen LogP contribution is 2.26. The molecule has 1 N–H and O–H groups in total. The molecule has 1 aromatic rings. The number of hydrogen-bond acceptors (Lipinski definition) is 2. The molecule has 0 aliphatic carbocycles. The molecular formula is C13H12Cl2N2O. The highest BCUT2D eigenvalue weighted by atomic mass is 35.5. The van der Waals surface area contributed by atoms with Crippen LogP contribution >= 0.6 is 23.2 Å². The molecule has 0 unspecified atom stereocenters. The summed E-state index contributed by atoms with van der Waals surface area (Å²) in [7, 11) is 0. The van der Waals surface area contributed by atoms with Gasteiger partial charge in [-0.15, -0.1) is 0 Å². The van der Waals surface area contributed by atoms with Crippen molar-refractivity contribution in [3.63, 3.8) is 0 Å². The van der Waals surface area contributed by atoms with Crippen LogP contribution in [-0.2, 0) is 4.79 Å². The number of halogens is 2. The van der Waals surface area contributed by atoms with Gasteiger partial charge in [-0.3, -0.25) is 4.79 Å². The summed E-state index contributed by atoms with van der Waals surface area (Å²) < 4.78 is 0. The van der Waals surface area contributed by atoms with Gasteiger partial charge in [0.1, 0.15) is 11.6 Å². The lowest BCUT2D eigenvalue weighted by Crippen LogP contribution is -2.30. The van der Waals surface area contributed by atoms with Gasteiger partial charge < -0.3 is 5.32 Å². The summed E-state index contributed by atoms with van der Waals surface area (Å²) in [4.78, 5) is 11.7. The van der Waals surface area contributed by atoms with Crippen molar-refractivity contribution in [2.24, 2.45) is 0 Å². The molecule has 0 saturated carbocycles. The lowest BCUT2D eigenvalue weighted by molar-refractivity contribution is -0.117. The van der Waals surface area contributed by atoms with Crippen molar-refractivity contribution in [2.75, 3.05) is 0 Å². The maximum atomic E-state index is 11.7. The number of nitrogens with zero attached hydrogens (tertiary/aromatic N) is 1. The van der Waals surface area contributed by atoms with Crippen LogP contribution in [0.3, 0.4) is 0 Å². The second-order valence-electron chi connectivity index (χ2n) is 3.93. The van der Waals surface area contributed by atoms with E-state index in [-0.39, 0.29) is 11.6 Å². The molecule has 1 amide bonds. The van der Waals surface area contributed by atoms with Gasteiger partial charge in [0, 0.05) is 21.7 Å². The zero-order valence-corrected chi connectivity index (χ0v) is 11.5. The van der Waals surface area contributed by atoms with E-state index in [9.17, 15) is 4.79 Å². The summed E-state index contributed by atoms with van der Waals surface area (Å²) in [6, 6.07) is 6.79. The van der Waals surface area contributed by atoms with Crippen molar-refractivity contribution in [1.29, 1.82) is 5.26 Å². The molecule has 1 aromatic carbocycles. The summed E-state index contributed by atoms with van der Waals surface area (Å²) >= 11 is 11.9. The van der Waals surface area contributed by atoms with Crippen LogP contribution in [0.15, 0.2) is 23.8 Å². The van der Waals surface area contributed by atoms with Crippen LogP contribution < -0.4 is 5.32 Å². The van der Waals surface area contributed by atoms with Gasteiger partial charge in [-0.2, -0.15) is 5.26 Å². The molecule has 0 aliphatic rings. The van der Waals surface area contributed by atoms with Crippen LogP contribution in [0.5, 0.6) is 0 Å². The average molecular weight is 283 g/mol. The van der Waals surface area contributed by atoms with Gasteiger partial charge >= 0.3 is 0 Å². The van der Waals surface area contributed by atoms with E-state index in [1.54, 1.807) is 18.2 Å². The first-order valence-corrected chi connectivity index (χ1v) is 6.08. The third kappa shape index (κ3) is 3.76. The summed E-state index contributed by atoms with van der Waals surface area (Å²) in [6.45, 7) is 3.63. The number of nitriles is 1. The quantitative estimate of drug-likeness (QED) is 0.682. The fraction of sp³-hybridized carbons (Fsp3) is 0.231. The lowest BCUT2D eigenvalue weighted by atomic mass is 10.1. The number of amides is 1. The predicted octanol–water partition coefficient (Wildman–Crippen LogP) is 3.42. The van der Waals surface area contributed by atoms with Gasteiger partial charge in [0.15, 0.2) is 0 Å². The fourth-order valence-corrected chi connectivity index (χ4v) is 1.79. The first kappa shape index (κ1) is 14.6. The minimum absolute atomic E-state index is 0.0290. The van der Waals surface area contributed by atoms with Crippen LogP contribution in [0, 0.1) is 11.3 Å². The normalized spacial score (nSPS) is 11.2. The van der Waals surface area contributed by atoms with Gasteiger partial charge in [0.2, 0.25) is 0 Å². The summed E-state index contributed by atoms with van der Waals surface area (Å²) in [5, 5.41) is 12.4. The zero-order valence-electron chi connectivity index (χ0n) is 10.00. The molecule has 0 aromatic heterocycles. The van der Waals surface area contributed by atoms with Gasteiger partial charge in [-0.25, -0.2) is 0 Å². The van der Waals surface area contributed by atoms with E-state index in [1.807, 2.05) is 19.9 Å².